The van der Waals surface area contributed by atoms with Gasteiger partial charge in [0.2, 0.25) is 11.6 Å². The summed E-state index contributed by atoms with van der Waals surface area (Å²) in [6, 6.07) is 10.3. The van der Waals surface area contributed by atoms with Crippen molar-refractivity contribution in [3.63, 3.8) is 0 Å². The summed E-state index contributed by atoms with van der Waals surface area (Å²) in [7, 11) is 0. The minimum absolute atomic E-state index is 0.214. The molecular weight excluding hydrogens is 391 g/mol. The maximum atomic E-state index is 14.2. The van der Waals surface area contributed by atoms with Gasteiger partial charge in [-0.3, -0.25) is 0 Å². The molecule has 3 rings (SSSR count). The molecule has 2 aromatic carbocycles. The molecule has 7 heteroatoms. The van der Waals surface area contributed by atoms with E-state index in [0.717, 1.165) is 22.3 Å². The van der Waals surface area contributed by atoms with Gasteiger partial charge in [0.1, 0.15) is 0 Å². The number of ether oxygens (including phenoxy) is 2. The summed E-state index contributed by atoms with van der Waals surface area (Å²) in [4.78, 5) is 24.8. The second-order valence-corrected chi connectivity index (χ2v) is 7.19. The molecule has 0 unspecified atom stereocenters. The molecule has 0 aliphatic heterocycles. The van der Waals surface area contributed by atoms with Crippen LogP contribution in [0.5, 0.6) is 11.7 Å². The molecular formula is C23H21FO6. The van der Waals surface area contributed by atoms with Crippen LogP contribution >= 0.6 is 0 Å². The summed E-state index contributed by atoms with van der Waals surface area (Å²) < 4.78 is 29.4. The van der Waals surface area contributed by atoms with E-state index in [-0.39, 0.29) is 11.3 Å². The molecule has 156 valence electrons. The molecule has 3 aromatic rings. The van der Waals surface area contributed by atoms with Crippen LogP contribution in [0, 0.1) is 33.5 Å². The number of carbonyl (C=O) groups is 2. The van der Waals surface area contributed by atoms with Gasteiger partial charge in [0.15, 0.2) is 12.4 Å². The molecule has 0 radical (unpaired) electrons. The van der Waals surface area contributed by atoms with Crippen LogP contribution in [0.15, 0.2) is 40.8 Å². The Kier molecular flexibility index (Phi) is 5.91. The zero-order valence-electron chi connectivity index (χ0n) is 17.0. The number of furan rings is 1. The first-order chi connectivity index (χ1) is 14.1. The molecule has 6 nitrogen and oxygen atoms in total. The van der Waals surface area contributed by atoms with Crippen molar-refractivity contribution < 1.29 is 33.0 Å². The molecule has 1 N–H and O–H groups in total. The normalized spacial score (nSPS) is 10.7. The van der Waals surface area contributed by atoms with Crippen molar-refractivity contribution in [2.45, 2.75) is 34.3 Å². The Balaban J connectivity index is 1.79. The van der Waals surface area contributed by atoms with E-state index in [9.17, 15) is 19.1 Å². The van der Waals surface area contributed by atoms with Gasteiger partial charge in [-0.25, -0.2) is 9.59 Å². The third kappa shape index (κ3) is 4.68. The maximum absolute atomic E-state index is 14.2. The van der Waals surface area contributed by atoms with Crippen molar-refractivity contribution in [2.24, 2.45) is 0 Å². The van der Waals surface area contributed by atoms with Gasteiger partial charge in [-0.05, 0) is 52.0 Å². The quantitative estimate of drug-likeness (QED) is 0.598. The molecule has 0 aliphatic rings. The summed E-state index contributed by atoms with van der Waals surface area (Å²) in [5, 5.41) is 9.57. The highest BCUT2D eigenvalue weighted by atomic mass is 19.1. The molecule has 0 saturated heterocycles. The standard InChI is InChI=1S/C23H21FO6/c1-12-5-13(2)8-16(7-12)21(25)28-11-18-20(19(24)23(27)29-18)30-22(26)17-9-14(3)6-15(4)10-17/h5-10,27H,11H2,1-4H3. The van der Waals surface area contributed by atoms with E-state index in [1.807, 2.05) is 39.8 Å². The van der Waals surface area contributed by atoms with Crippen LogP contribution in [0.1, 0.15) is 48.7 Å². The number of rotatable bonds is 5. The van der Waals surface area contributed by atoms with Gasteiger partial charge >= 0.3 is 17.9 Å². The molecule has 0 amide bonds. The van der Waals surface area contributed by atoms with Gasteiger partial charge < -0.3 is 19.0 Å². The Morgan fingerprint density at radius 1 is 0.867 bits per heavy atom. The minimum Gasteiger partial charge on any atom is -0.478 e. The number of hydrogen-bond acceptors (Lipinski definition) is 6. The van der Waals surface area contributed by atoms with E-state index in [2.05, 4.69) is 0 Å². The van der Waals surface area contributed by atoms with Crippen molar-refractivity contribution in [1.82, 2.24) is 0 Å². The highest BCUT2D eigenvalue weighted by Crippen LogP contribution is 2.34. The fourth-order valence-corrected chi connectivity index (χ4v) is 3.18. The summed E-state index contributed by atoms with van der Waals surface area (Å²) in [6.45, 7) is 6.78. The SMILES string of the molecule is Cc1cc(C)cc(C(=O)OCc2oc(O)c(F)c2OC(=O)c2cc(C)cc(C)c2)c1. The Bertz CT molecular complexity index is 1090. The van der Waals surface area contributed by atoms with Crippen molar-refractivity contribution in [3.8, 4) is 11.7 Å². The third-order valence-corrected chi connectivity index (χ3v) is 4.30. The maximum Gasteiger partial charge on any atom is 0.343 e. The van der Waals surface area contributed by atoms with E-state index in [1.54, 1.807) is 24.3 Å². The first kappa shape index (κ1) is 21.1. The fourth-order valence-electron chi connectivity index (χ4n) is 3.18. The van der Waals surface area contributed by atoms with E-state index in [0.29, 0.717) is 5.56 Å². The van der Waals surface area contributed by atoms with Crippen LogP contribution in [-0.2, 0) is 11.3 Å². The summed E-state index contributed by atoms with van der Waals surface area (Å²) in [5.74, 6) is -4.74. The number of aryl methyl sites for hydroxylation is 4. The molecule has 1 heterocycles. The van der Waals surface area contributed by atoms with Crippen molar-refractivity contribution in [2.75, 3.05) is 0 Å². The van der Waals surface area contributed by atoms with Crippen LogP contribution in [0.4, 0.5) is 4.39 Å². The summed E-state index contributed by atoms with van der Waals surface area (Å²) in [6.07, 6.45) is 0. The molecule has 0 saturated carbocycles. The average molecular weight is 412 g/mol. The molecule has 0 fully saturated rings. The van der Waals surface area contributed by atoms with Crippen LogP contribution in [0.25, 0.3) is 0 Å². The Morgan fingerprint density at radius 3 is 1.83 bits per heavy atom. The molecule has 0 spiro atoms. The van der Waals surface area contributed by atoms with E-state index in [1.165, 1.54) is 0 Å². The van der Waals surface area contributed by atoms with Gasteiger partial charge in [0, 0.05) is 0 Å². The zero-order chi connectivity index (χ0) is 22.0. The lowest BCUT2D eigenvalue weighted by atomic mass is 10.1. The second-order valence-electron chi connectivity index (χ2n) is 7.19. The summed E-state index contributed by atoms with van der Waals surface area (Å²) >= 11 is 0. The molecule has 1 aromatic heterocycles. The van der Waals surface area contributed by atoms with Gasteiger partial charge in [0.25, 0.3) is 0 Å². The van der Waals surface area contributed by atoms with Crippen molar-refractivity contribution >= 4 is 11.9 Å². The van der Waals surface area contributed by atoms with Gasteiger partial charge in [-0.15, -0.1) is 0 Å². The largest absolute Gasteiger partial charge is 0.478 e. The monoisotopic (exact) mass is 412 g/mol. The minimum atomic E-state index is -1.25. The number of esters is 2. The lowest BCUT2D eigenvalue weighted by Crippen LogP contribution is -2.11. The Labute approximate surface area is 172 Å². The van der Waals surface area contributed by atoms with Crippen LogP contribution in [0.3, 0.4) is 0 Å². The highest BCUT2D eigenvalue weighted by molar-refractivity contribution is 5.92. The predicted molar refractivity (Wildman–Crippen MR) is 106 cm³/mol. The smallest absolute Gasteiger partial charge is 0.343 e. The van der Waals surface area contributed by atoms with Crippen molar-refractivity contribution in [3.05, 3.63) is 81.4 Å². The Morgan fingerprint density at radius 2 is 1.33 bits per heavy atom. The second kappa shape index (κ2) is 8.41. The first-order valence-electron chi connectivity index (χ1n) is 9.20. The van der Waals surface area contributed by atoms with Crippen LogP contribution in [-0.4, -0.2) is 17.0 Å². The average Bonchev–Trinajstić information content (AvgIpc) is 2.92. The van der Waals surface area contributed by atoms with Gasteiger partial charge in [-0.1, -0.05) is 34.4 Å². The molecule has 30 heavy (non-hydrogen) atoms. The van der Waals surface area contributed by atoms with E-state index in [4.69, 9.17) is 13.9 Å². The molecule has 0 aliphatic carbocycles. The molecule has 0 atom stereocenters. The topological polar surface area (TPSA) is 86.0 Å². The number of benzene rings is 2. The Hall–Kier alpha value is -3.61. The number of carbonyl (C=O) groups excluding carboxylic acids is 2. The van der Waals surface area contributed by atoms with Crippen LogP contribution in [0.2, 0.25) is 0 Å². The van der Waals surface area contributed by atoms with E-state index < -0.39 is 36.1 Å². The van der Waals surface area contributed by atoms with Gasteiger partial charge in [0.05, 0.1) is 11.1 Å². The third-order valence-electron chi connectivity index (χ3n) is 4.30. The van der Waals surface area contributed by atoms with Gasteiger partial charge in [-0.2, -0.15) is 4.39 Å². The lowest BCUT2D eigenvalue weighted by molar-refractivity contribution is 0.0435. The predicted octanol–water partition coefficient (Wildman–Crippen LogP) is 4.93. The summed E-state index contributed by atoms with van der Waals surface area (Å²) in [5.41, 5.74) is 3.96. The molecule has 0 bridgehead atoms. The number of aromatic hydroxyl groups is 1. The first-order valence-corrected chi connectivity index (χ1v) is 9.20. The van der Waals surface area contributed by atoms with E-state index >= 15 is 0 Å². The van der Waals surface area contributed by atoms with Crippen LogP contribution < -0.4 is 4.74 Å². The number of hydrogen-bond donors (Lipinski definition) is 1. The fraction of sp³-hybridized carbons (Fsp3) is 0.217. The highest BCUT2D eigenvalue weighted by Gasteiger charge is 2.26. The lowest BCUT2D eigenvalue weighted by Gasteiger charge is -2.08. The zero-order valence-corrected chi connectivity index (χ0v) is 17.0. The number of halogens is 1. The van der Waals surface area contributed by atoms with Crippen molar-refractivity contribution in [1.29, 1.82) is 0 Å².